The molecule has 1 amide bonds. The van der Waals surface area contributed by atoms with E-state index in [0.29, 0.717) is 42.3 Å². The molecular weight excluding hydrogens is 465 g/mol. The lowest BCUT2D eigenvalue weighted by molar-refractivity contribution is -0.126. The van der Waals surface area contributed by atoms with E-state index in [2.05, 4.69) is 15.3 Å². The van der Waals surface area contributed by atoms with Gasteiger partial charge in [-0.05, 0) is 50.3 Å². The molecule has 10 heteroatoms. The second-order valence-electron chi connectivity index (χ2n) is 8.45. The molecule has 1 saturated carbocycles. The number of nitrogens with zero attached hydrogens (tertiary/aromatic N) is 3. The summed E-state index contributed by atoms with van der Waals surface area (Å²) in [6.07, 6.45) is 1.77. The zero-order valence-electron chi connectivity index (χ0n) is 18.0. The molecule has 1 N–H and O–H groups in total. The van der Waals surface area contributed by atoms with Crippen molar-refractivity contribution >= 4 is 36.7 Å². The summed E-state index contributed by atoms with van der Waals surface area (Å²) in [7, 11) is 1.82. The van der Waals surface area contributed by atoms with Gasteiger partial charge in [0.2, 0.25) is 5.91 Å². The number of carbonyl (C=O) groups is 2. The second-order valence-corrected chi connectivity index (χ2v) is 8.45. The van der Waals surface area contributed by atoms with E-state index in [4.69, 9.17) is 0 Å². The predicted octanol–water partition coefficient (Wildman–Crippen LogP) is 4.74. The number of rotatable bonds is 5. The molecule has 0 unspecified atom stereocenters. The number of aryl methyl sites for hydroxylation is 1. The molecular formula is C24H33F3N4O2S. The van der Waals surface area contributed by atoms with Crippen LogP contribution in [0.1, 0.15) is 51.7 Å². The van der Waals surface area contributed by atoms with Crippen molar-refractivity contribution in [3.63, 3.8) is 0 Å². The van der Waals surface area contributed by atoms with Gasteiger partial charge in [-0.3, -0.25) is 9.59 Å². The lowest BCUT2D eigenvalue weighted by Gasteiger charge is -2.35. The zero-order chi connectivity index (χ0) is 22.4. The molecule has 1 aliphatic carbocycles. The van der Waals surface area contributed by atoms with E-state index >= 15 is 0 Å². The number of hydrogen-bond acceptors (Lipinski definition) is 5. The summed E-state index contributed by atoms with van der Waals surface area (Å²) in [6, 6.07) is 1.40. The van der Waals surface area contributed by atoms with Crippen molar-refractivity contribution < 1.29 is 22.8 Å². The highest BCUT2D eigenvalue weighted by atomic mass is 32.1. The molecule has 2 aromatic rings. The first kappa shape index (κ1) is 29.4. The van der Waals surface area contributed by atoms with Crippen LogP contribution < -0.4 is 10.2 Å². The lowest BCUT2D eigenvalue weighted by atomic mass is 9.70. The highest BCUT2D eigenvalue weighted by Gasteiger charge is 2.36. The molecule has 34 heavy (non-hydrogen) atoms. The quantitative estimate of drug-likeness (QED) is 0.603. The van der Waals surface area contributed by atoms with E-state index in [9.17, 15) is 22.8 Å². The van der Waals surface area contributed by atoms with Crippen LogP contribution in [0.2, 0.25) is 0 Å². The maximum atomic E-state index is 13.4. The fourth-order valence-corrected chi connectivity index (χ4v) is 4.17. The Kier molecular flexibility index (Phi) is 9.69. The summed E-state index contributed by atoms with van der Waals surface area (Å²) >= 11 is 0. The fourth-order valence-electron chi connectivity index (χ4n) is 4.17. The van der Waals surface area contributed by atoms with Crippen LogP contribution in [0.4, 0.5) is 24.7 Å². The van der Waals surface area contributed by atoms with Gasteiger partial charge in [-0.25, -0.2) is 23.1 Å². The summed E-state index contributed by atoms with van der Waals surface area (Å²) in [5.41, 5.74) is 1.45. The van der Waals surface area contributed by atoms with Gasteiger partial charge >= 0.3 is 0 Å². The highest BCUT2D eigenvalue weighted by molar-refractivity contribution is 7.59. The van der Waals surface area contributed by atoms with Crippen LogP contribution in [0.5, 0.6) is 0 Å². The monoisotopic (exact) mass is 498 g/mol. The molecule has 0 saturated heterocycles. The highest BCUT2D eigenvalue weighted by Crippen LogP contribution is 2.38. The Morgan fingerprint density at radius 2 is 1.74 bits per heavy atom. The maximum Gasteiger partial charge on any atom is 0.246 e. The summed E-state index contributed by atoms with van der Waals surface area (Å²) in [5.74, 6) is -2.94. The van der Waals surface area contributed by atoms with Crippen molar-refractivity contribution in [2.75, 3.05) is 17.3 Å². The van der Waals surface area contributed by atoms with Crippen molar-refractivity contribution in [3.05, 3.63) is 46.7 Å². The van der Waals surface area contributed by atoms with Crippen molar-refractivity contribution in [2.24, 2.45) is 11.8 Å². The number of likely N-dealkylation sites (N-methyl/N-ethyl adjacent to an activating group) is 1. The Bertz CT molecular complexity index is 1050. The molecule has 1 aromatic heterocycles. The van der Waals surface area contributed by atoms with E-state index < -0.39 is 17.5 Å². The molecule has 4 rings (SSSR count). The first-order valence-corrected chi connectivity index (χ1v) is 10.2. The third-order valence-corrected chi connectivity index (χ3v) is 6.24. The van der Waals surface area contributed by atoms with Gasteiger partial charge < -0.3 is 10.2 Å². The van der Waals surface area contributed by atoms with Crippen LogP contribution in [0, 0.1) is 36.2 Å². The summed E-state index contributed by atoms with van der Waals surface area (Å²) in [5, 5.41) is 2.85. The standard InChI is InChI=1S/C22H23F3N4O2.2CH4.H2S/c1-10-20-21(29(3)11(2)22(31)28-20)27-18(26-10)9-12-4-14(5-12)17(30)8-13-6-15(23)19(25)16(24)7-13;;;/h6-7,11-12,14H,4-5,8-9H2,1-3H3,(H,28,31);2*1H4;1H2/t11-,12?,14?;;;/m0.../s1. The van der Waals surface area contributed by atoms with Crippen LogP contribution in [0.3, 0.4) is 0 Å². The average molecular weight is 499 g/mol. The topological polar surface area (TPSA) is 75.2 Å². The van der Waals surface area contributed by atoms with Gasteiger partial charge in [0.05, 0.1) is 5.69 Å². The minimum absolute atomic E-state index is 0. The van der Waals surface area contributed by atoms with E-state index in [1.807, 2.05) is 18.9 Å². The van der Waals surface area contributed by atoms with Gasteiger partial charge in [0.25, 0.3) is 0 Å². The van der Waals surface area contributed by atoms with Crippen molar-refractivity contribution in [2.45, 2.75) is 60.4 Å². The number of benzene rings is 1. The van der Waals surface area contributed by atoms with Gasteiger partial charge in [-0.2, -0.15) is 13.5 Å². The molecule has 0 spiro atoms. The van der Waals surface area contributed by atoms with Gasteiger partial charge in [0, 0.05) is 25.8 Å². The van der Waals surface area contributed by atoms with Crippen molar-refractivity contribution in [3.8, 4) is 0 Å². The number of aromatic nitrogens is 2. The van der Waals surface area contributed by atoms with Crippen LogP contribution >= 0.6 is 13.5 Å². The Balaban J connectivity index is 0.00000193. The first-order chi connectivity index (χ1) is 14.6. The number of anilines is 2. The normalized spacial score (nSPS) is 20.6. The number of ketones is 1. The molecule has 0 radical (unpaired) electrons. The number of amides is 1. The molecule has 1 fully saturated rings. The number of fused-ring (bicyclic) bond motifs is 1. The van der Waals surface area contributed by atoms with E-state index in [-0.39, 0.29) is 69.9 Å². The Labute approximate surface area is 205 Å². The number of hydrogen-bond donors (Lipinski definition) is 1. The SMILES string of the molecule is C.C.Cc1nc(CC2CC(C(=O)Cc3cc(F)c(F)c(F)c3)C2)nc2c1NC(=O)[C@H](C)N2C.S. The van der Waals surface area contributed by atoms with Crippen LogP contribution in [-0.4, -0.2) is 34.7 Å². The first-order valence-electron chi connectivity index (χ1n) is 10.2. The average Bonchev–Trinajstić information content (AvgIpc) is 2.67. The number of nitrogens with one attached hydrogen (secondary N) is 1. The largest absolute Gasteiger partial charge is 0.346 e. The number of halogens is 3. The summed E-state index contributed by atoms with van der Waals surface area (Å²) in [6.45, 7) is 3.62. The van der Waals surface area contributed by atoms with E-state index in [1.54, 1.807) is 6.92 Å². The molecule has 1 atom stereocenters. The Morgan fingerprint density at radius 1 is 1.15 bits per heavy atom. The van der Waals surface area contributed by atoms with Gasteiger partial charge in [0.15, 0.2) is 23.3 Å². The van der Waals surface area contributed by atoms with Gasteiger partial charge in [-0.15, -0.1) is 0 Å². The van der Waals surface area contributed by atoms with Crippen LogP contribution in [-0.2, 0) is 22.4 Å². The molecule has 2 aliphatic rings. The lowest BCUT2D eigenvalue weighted by Crippen LogP contribution is -2.45. The van der Waals surface area contributed by atoms with E-state index in [0.717, 1.165) is 12.1 Å². The predicted molar refractivity (Wildman–Crippen MR) is 132 cm³/mol. The Morgan fingerprint density at radius 3 is 2.32 bits per heavy atom. The maximum absolute atomic E-state index is 13.4. The molecule has 1 aromatic carbocycles. The third-order valence-electron chi connectivity index (χ3n) is 6.24. The molecule has 6 nitrogen and oxygen atoms in total. The molecule has 2 heterocycles. The molecule has 188 valence electrons. The summed E-state index contributed by atoms with van der Waals surface area (Å²) < 4.78 is 39.8. The minimum Gasteiger partial charge on any atom is -0.346 e. The fraction of sp³-hybridized carbons (Fsp3) is 0.500. The molecule has 0 bridgehead atoms. The number of Topliss-reactive ketones (excluding diaryl/α,β-unsaturated/α-hetero) is 1. The van der Waals surface area contributed by atoms with Crippen molar-refractivity contribution in [1.82, 2.24) is 9.97 Å². The van der Waals surface area contributed by atoms with Crippen molar-refractivity contribution in [1.29, 1.82) is 0 Å². The summed E-state index contributed by atoms with van der Waals surface area (Å²) in [4.78, 5) is 35.4. The minimum atomic E-state index is -1.53. The zero-order valence-corrected chi connectivity index (χ0v) is 19.0. The van der Waals surface area contributed by atoms with Crippen LogP contribution in [0.15, 0.2) is 12.1 Å². The second kappa shape index (κ2) is 11.2. The Hall–Kier alpha value is -2.62. The molecule has 1 aliphatic heterocycles. The van der Waals surface area contributed by atoms with Gasteiger partial charge in [-0.1, -0.05) is 14.9 Å². The van der Waals surface area contributed by atoms with Crippen LogP contribution in [0.25, 0.3) is 0 Å². The smallest absolute Gasteiger partial charge is 0.246 e. The van der Waals surface area contributed by atoms with Gasteiger partial charge in [0.1, 0.15) is 23.3 Å². The number of carbonyl (C=O) groups excluding carboxylic acids is 2. The third kappa shape index (κ3) is 5.54. The van der Waals surface area contributed by atoms with E-state index in [1.165, 1.54) is 0 Å².